The summed E-state index contributed by atoms with van der Waals surface area (Å²) in [5.74, 6) is 0.354. The Morgan fingerprint density at radius 3 is 2.41 bits per heavy atom. The van der Waals surface area contributed by atoms with Crippen LogP contribution in [0.3, 0.4) is 0 Å². The summed E-state index contributed by atoms with van der Waals surface area (Å²) in [6, 6.07) is 7.51. The first-order chi connectivity index (χ1) is 15.2. The highest BCUT2D eigenvalue weighted by molar-refractivity contribution is 7.89. The molecular weight excluding hydrogens is 452 g/mol. The van der Waals surface area contributed by atoms with Crippen LogP contribution in [0.25, 0.3) is 0 Å². The molecule has 3 rings (SSSR count). The van der Waals surface area contributed by atoms with E-state index >= 15 is 0 Å². The van der Waals surface area contributed by atoms with E-state index in [9.17, 15) is 13.2 Å². The van der Waals surface area contributed by atoms with Gasteiger partial charge in [-0.3, -0.25) is 4.79 Å². The van der Waals surface area contributed by atoms with E-state index < -0.39 is 15.9 Å². The van der Waals surface area contributed by atoms with Gasteiger partial charge in [0.2, 0.25) is 10.0 Å². The fourth-order valence-electron chi connectivity index (χ4n) is 3.91. The van der Waals surface area contributed by atoms with Crippen molar-refractivity contribution in [2.75, 3.05) is 19.5 Å². The summed E-state index contributed by atoms with van der Waals surface area (Å²) >= 11 is 6.13. The lowest BCUT2D eigenvalue weighted by atomic mass is 9.87. The van der Waals surface area contributed by atoms with Crippen LogP contribution in [-0.2, 0) is 10.0 Å². The molecule has 1 amide bonds. The van der Waals surface area contributed by atoms with E-state index in [0.29, 0.717) is 16.5 Å². The predicted octanol–water partition coefficient (Wildman–Crippen LogP) is 4.77. The van der Waals surface area contributed by atoms with Crippen LogP contribution in [0.5, 0.6) is 11.5 Å². The maximum Gasteiger partial charge on any atom is 0.255 e. The number of aryl methyl sites for hydroxylation is 1. The first kappa shape index (κ1) is 24.4. The van der Waals surface area contributed by atoms with Crippen molar-refractivity contribution in [1.29, 1.82) is 0 Å². The molecule has 0 spiro atoms. The first-order valence-electron chi connectivity index (χ1n) is 10.5. The van der Waals surface area contributed by atoms with Crippen molar-refractivity contribution >= 4 is 33.2 Å². The van der Waals surface area contributed by atoms with Gasteiger partial charge in [-0.1, -0.05) is 31.4 Å². The van der Waals surface area contributed by atoms with Gasteiger partial charge in [-0.05, 0) is 55.5 Å². The van der Waals surface area contributed by atoms with Gasteiger partial charge in [-0.2, -0.15) is 0 Å². The van der Waals surface area contributed by atoms with Crippen molar-refractivity contribution in [3.63, 3.8) is 0 Å². The Labute approximate surface area is 194 Å². The molecule has 1 saturated carbocycles. The van der Waals surface area contributed by atoms with E-state index in [2.05, 4.69) is 17.0 Å². The fourth-order valence-corrected chi connectivity index (χ4v) is 5.63. The molecule has 0 aliphatic heterocycles. The third-order valence-corrected chi connectivity index (χ3v) is 7.78. The standard InChI is InChI=1S/C23H29ClN2O5S/c1-14-7-5-6-8-18(14)26-32(28,29)22-12-16(9-10-20(22)30-3)23(27)25-19-11-15(2)17(24)13-21(19)31-4/h9-14,18,26H,5-8H2,1-4H3,(H,25,27). The molecule has 7 nitrogen and oxygen atoms in total. The van der Waals surface area contributed by atoms with Crippen LogP contribution < -0.4 is 19.5 Å². The Bertz CT molecular complexity index is 1100. The number of halogens is 1. The number of benzene rings is 2. The smallest absolute Gasteiger partial charge is 0.255 e. The van der Waals surface area contributed by atoms with Gasteiger partial charge in [0.15, 0.2) is 0 Å². The van der Waals surface area contributed by atoms with Crippen molar-refractivity contribution in [1.82, 2.24) is 4.72 Å². The third-order valence-electron chi connectivity index (χ3n) is 5.86. The van der Waals surface area contributed by atoms with E-state index in [1.54, 1.807) is 12.1 Å². The van der Waals surface area contributed by atoms with Crippen molar-refractivity contribution in [3.8, 4) is 11.5 Å². The Morgan fingerprint density at radius 1 is 1.06 bits per heavy atom. The number of hydrogen-bond donors (Lipinski definition) is 2. The summed E-state index contributed by atoms with van der Waals surface area (Å²) in [5.41, 5.74) is 1.39. The van der Waals surface area contributed by atoms with Gasteiger partial charge in [-0.25, -0.2) is 13.1 Å². The number of carbonyl (C=O) groups is 1. The van der Waals surface area contributed by atoms with Gasteiger partial charge in [0.1, 0.15) is 16.4 Å². The zero-order valence-corrected chi connectivity index (χ0v) is 20.3. The molecule has 0 aromatic heterocycles. The second-order valence-corrected chi connectivity index (χ2v) is 10.2. The molecule has 2 aromatic rings. The Kier molecular flexibility index (Phi) is 7.69. The topological polar surface area (TPSA) is 93.7 Å². The molecule has 2 unspecified atom stereocenters. The number of amides is 1. The molecule has 1 aliphatic carbocycles. The normalized spacial score (nSPS) is 18.8. The predicted molar refractivity (Wildman–Crippen MR) is 125 cm³/mol. The number of hydrogen-bond acceptors (Lipinski definition) is 5. The first-order valence-corrected chi connectivity index (χ1v) is 12.4. The summed E-state index contributed by atoms with van der Waals surface area (Å²) < 4.78 is 39.8. The summed E-state index contributed by atoms with van der Waals surface area (Å²) in [6.45, 7) is 3.86. The minimum absolute atomic E-state index is 0.0651. The molecular formula is C23H29ClN2O5S. The van der Waals surface area contributed by atoms with E-state index in [-0.39, 0.29) is 28.2 Å². The van der Waals surface area contributed by atoms with Crippen LogP contribution in [-0.4, -0.2) is 34.6 Å². The van der Waals surface area contributed by atoms with E-state index in [4.69, 9.17) is 21.1 Å². The highest BCUT2D eigenvalue weighted by Crippen LogP contribution is 2.32. The van der Waals surface area contributed by atoms with E-state index in [1.807, 2.05) is 6.92 Å². The average molecular weight is 481 g/mol. The summed E-state index contributed by atoms with van der Waals surface area (Å²) in [5, 5.41) is 3.29. The second-order valence-electron chi connectivity index (χ2n) is 8.11. The van der Waals surface area contributed by atoms with Crippen molar-refractivity contribution in [3.05, 3.63) is 46.5 Å². The van der Waals surface area contributed by atoms with Crippen LogP contribution in [0, 0.1) is 12.8 Å². The Hall–Kier alpha value is -2.29. The molecule has 0 bridgehead atoms. The van der Waals surface area contributed by atoms with Gasteiger partial charge >= 0.3 is 0 Å². The second kappa shape index (κ2) is 10.1. The van der Waals surface area contributed by atoms with Crippen LogP contribution in [0.1, 0.15) is 48.5 Å². The van der Waals surface area contributed by atoms with Crippen LogP contribution in [0.4, 0.5) is 5.69 Å². The molecule has 0 radical (unpaired) electrons. The third kappa shape index (κ3) is 5.36. The lowest BCUT2D eigenvalue weighted by Gasteiger charge is -2.29. The number of nitrogens with one attached hydrogen (secondary N) is 2. The molecule has 2 N–H and O–H groups in total. The Morgan fingerprint density at radius 2 is 1.75 bits per heavy atom. The molecule has 2 aromatic carbocycles. The van der Waals surface area contributed by atoms with Crippen molar-refractivity contribution in [2.45, 2.75) is 50.5 Å². The molecule has 2 atom stereocenters. The lowest BCUT2D eigenvalue weighted by Crippen LogP contribution is -2.41. The summed E-state index contributed by atoms with van der Waals surface area (Å²) in [4.78, 5) is 12.9. The van der Waals surface area contributed by atoms with Gasteiger partial charge in [0.25, 0.3) is 5.91 Å². The van der Waals surface area contributed by atoms with Gasteiger partial charge in [-0.15, -0.1) is 0 Å². The zero-order chi connectivity index (χ0) is 23.5. The fraction of sp³-hybridized carbons (Fsp3) is 0.435. The number of carbonyl (C=O) groups excluding carboxylic acids is 1. The minimum Gasteiger partial charge on any atom is -0.495 e. The summed E-state index contributed by atoms with van der Waals surface area (Å²) in [6.07, 6.45) is 3.86. The Balaban J connectivity index is 1.90. The van der Waals surface area contributed by atoms with Crippen LogP contribution in [0.2, 0.25) is 5.02 Å². The zero-order valence-electron chi connectivity index (χ0n) is 18.7. The summed E-state index contributed by atoms with van der Waals surface area (Å²) in [7, 11) is -1.01. The lowest BCUT2D eigenvalue weighted by molar-refractivity contribution is 0.102. The van der Waals surface area contributed by atoms with Crippen LogP contribution >= 0.6 is 11.6 Å². The quantitative estimate of drug-likeness (QED) is 0.595. The van der Waals surface area contributed by atoms with Gasteiger partial charge < -0.3 is 14.8 Å². The largest absolute Gasteiger partial charge is 0.495 e. The molecule has 1 aliphatic rings. The minimum atomic E-state index is -3.89. The number of methoxy groups -OCH3 is 2. The highest BCUT2D eigenvalue weighted by atomic mass is 35.5. The average Bonchev–Trinajstić information content (AvgIpc) is 2.77. The van der Waals surface area contributed by atoms with Crippen LogP contribution in [0.15, 0.2) is 35.2 Å². The SMILES string of the molecule is COc1cc(Cl)c(C)cc1NC(=O)c1ccc(OC)c(S(=O)(=O)NC2CCCCC2C)c1. The maximum atomic E-state index is 13.2. The molecule has 9 heteroatoms. The number of rotatable bonds is 7. The van der Waals surface area contributed by atoms with Gasteiger partial charge in [0, 0.05) is 22.7 Å². The van der Waals surface area contributed by atoms with Crippen molar-refractivity contribution in [2.24, 2.45) is 5.92 Å². The van der Waals surface area contributed by atoms with Crippen molar-refractivity contribution < 1.29 is 22.7 Å². The number of ether oxygens (including phenoxy) is 2. The van der Waals surface area contributed by atoms with E-state index in [1.165, 1.54) is 32.4 Å². The molecule has 174 valence electrons. The molecule has 0 saturated heterocycles. The van der Waals surface area contributed by atoms with Gasteiger partial charge in [0.05, 0.1) is 19.9 Å². The number of sulfonamides is 1. The monoisotopic (exact) mass is 480 g/mol. The molecule has 1 fully saturated rings. The van der Waals surface area contributed by atoms with E-state index in [0.717, 1.165) is 31.2 Å². The maximum absolute atomic E-state index is 13.2. The molecule has 32 heavy (non-hydrogen) atoms. The molecule has 0 heterocycles. The highest BCUT2D eigenvalue weighted by Gasteiger charge is 2.29. The number of anilines is 1.